The van der Waals surface area contributed by atoms with Gasteiger partial charge in [0.2, 0.25) is 0 Å². The van der Waals surface area contributed by atoms with Gasteiger partial charge < -0.3 is 4.90 Å². The Labute approximate surface area is 164 Å². The molecule has 1 saturated heterocycles. The number of rotatable bonds is 4. The van der Waals surface area contributed by atoms with Gasteiger partial charge in [0.1, 0.15) is 5.82 Å². The molecule has 2 aromatic rings. The second kappa shape index (κ2) is 8.42. The number of benzene rings is 1. The summed E-state index contributed by atoms with van der Waals surface area (Å²) in [4.78, 5) is 9.95. The minimum absolute atomic E-state index is 0.239. The number of halogens is 2. The van der Waals surface area contributed by atoms with Gasteiger partial charge in [-0.05, 0) is 43.7 Å². The van der Waals surface area contributed by atoms with E-state index >= 15 is 0 Å². The van der Waals surface area contributed by atoms with Crippen molar-refractivity contribution in [1.29, 1.82) is 0 Å². The normalized spacial score (nSPS) is 15.3. The summed E-state index contributed by atoms with van der Waals surface area (Å²) in [5, 5.41) is 0.490. The van der Waals surface area contributed by atoms with Crippen molar-refractivity contribution in [1.82, 2.24) is 14.8 Å². The lowest BCUT2D eigenvalue weighted by atomic mass is 10.1. The molecule has 3 nitrogen and oxygen atoms in total. The lowest BCUT2D eigenvalue weighted by molar-refractivity contribution is 0.174. The van der Waals surface area contributed by atoms with Crippen LogP contribution in [-0.2, 0) is 13.0 Å². The summed E-state index contributed by atoms with van der Waals surface area (Å²) in [5.74, 6) is -0.239. The van der Waals surface area contributed by atoms with Crippen molar-refractivity contribution in [3.63, 3.8) is 0 Å². The number of thiocarbonyl (C=S) groups is 1. The third-order valence-electron chi connectivity index (χ3n) is 4.65. The summed E-state index contributed by atoms with van der Waals surface area (Å²) in [7, 11) is 0. The number of hydrogen-bond donors (Lipinski definition) is 0. The molecule has 0 radical (unpaired) electrons. The number of aryl methyl sites for hydroxylation is 2. The Morgan fingerprint density at radius 2 is 1.92 bits per heavy atom. The van der Waals surface area contributed by atoms with Crippen LogP contribution in [0.4, 0.5) is 4.39 Å². The van der Waals surface area contributed by atoms with Gasteiger partial charge in [0, 0.05) is 61.1 Å². The SMILES string of the molecule is Cc1cc(C)nc(CC(=S)N2CCN(Cc3c(F)cccc3Cl)CC2)c1. The zero-order valence-electron chi connectivity index (χ0n) is 15.1. The molecule has 0 bridgehead atoms. The molecule has 1 aliphatic rings. The molecule has 0 amide bonds. The van der Waals surface area contributed by atoms with E-state index in [1.54, 1.807) is 12.1 Å². The maximum absolute atomic E-state index is 14.0. The summed E-state index contributed by atoms with van der Waals surface area (Å²) in [5.41, 5.74) is 3.83. The van der Waals surface area contributed by atoms with Crippen molar-refractivity contribution in [3.05, 3.63) is 63.7 Å². The van der Waals surface area contributed by atoms with Crippen LogP contribution in [0.2, 0.25) is 5.02 Å². The zero-order valence-corrected chi connectivity index (χ0v) is 16.7. The van der Waals surface area contributed by atoms with Crippen molar-refractivity contribution in [2.75, 3.05) is 26.2 Å². The predicted octanol–water partition coefficient (Wildman–Crippen LogP) is 4.18. The molecule has 0 aliphatic carbocycles. The molecule has 0 atom stereocenters. The van der Waals surface area contributed by atoms with E-state index in [9.17, 15) is 4.39 Å². The fourth-order valence-electron chi connectivity index (χ4n) is 3.34. The highest BCUT2D eigenvalue weighted by atomic mass is 35.5. The van der Waals surface area contributed by atoms with E-state index < -0.39 is 0 Å². The van der Waals surface area contributed by atoms with E-state index in [0.29, 0.717) is 23.6 Å². The second-order valence-corrected chi connectivity index (χ2v) is 7.69. The van der Waals surface area contributed by atoms with Crippen LogP contribution in [0.5, 0.6) is 0 Å². The van der Waals surface area contributed by atoms with Gasteiger partial charge in [-0.25, -0.2) is 4.39 Å². The van der Waals surface area contributed by atoms with Crippen molar-refractivity contribution in [2.24, 2.45) is 0 Å². The first-order chi connectivity index (χ1) is 12.4. The number of hydrogen-bond acceptors (Lipinski definition) is 3. The number of piperazine rings is 1. The van der Waals surface area contributed by atoms with Gasteiger partial charge in [0.15, 0.2) is 0 Å². The first kappa shape index (κ1) is 19.2. The molecule has 6 heteroatoms. The topological polar surface area (TPSA) is 19.4 Å². The van der Waals surface area contributed by atoms with Crippen LogP contribution in [0.3, 0.4) is 0 Å². The van der Waals surface area contributed by atoms with Crippen molar-refractivity contribution in [2.45, 2.75) is 26.8 Å². The Bertz CT molecular complexity index is 763. The first-order valence-electron chi connectivity index (χ1n) is 8.79. The van der Waals surface area contributed by atoms with Gasteiger partial charge in [-0.3, -0.25) is 9.88 Å². The summed E-state index contributed by atoms with van der Waals surface area (Å²) < 4.78 is 14.0. The molecule has 1 aromatic carbocycles. The van der Waals surface area contributed by atoms with Crippen molar-refractivity contribution < 1.29 is 4.39 Å². The van der Waals surface area contributed by atoms with E-state index in [1.165, 1.54) is 11.6 Å². The zero-order chi connectivity index (χ0) is 18.7. The molecule has 0 unspecified atom stereocenters. The fourth-order valence-corrected chi connectivity index (χ4v) is 3.90. The van der Waals surface area contributed by atoms with Crippen LogP contribution in [0.15, 0.2) is 30.3 Å². The summed E-state index contributed by atoms with van der Waals surface area (Å²) in [6.07, 6.45) is 0.691. The van der Waals surface area contributed by atoms with Crippen LogP contribution in [0.1, 0.15) is 22.5 Å². The quantitative estimate of drug-likeness (QED) is 0.728. The lowest BCUT2D eigenvalue weighted by Crippen LogP contribution is -2.48. The monoisotopic (exact) mass is 391 g/mol. The fraction of sp³-hybridized carbons (Fsp3) is 0.400. The Morgan fingerprint density at radius 1 is 1.19 bits per heavy atom. The molecular weight excluding hydrogens is 369 g/mol. The Kier molecular flexibility index (Phi) is 6.22. The minimum Gasteiger partial charge on any atom is -0.363 e. The molecule has 1 aliphatic heterocycles. The minimum atomic E-state index is -0.239. The molecule has 1 fully saturated rings. The van der Waals surface area contributed by atoms with E-state index in [4.69, 9.17) is 23.8 Å². The molecule has 26 heavy (non-hydrogen) atoms. The third-order valence-corrected chi connectivity index (χ3v) is 5.41. The van der Waals surface area contributed by atoms with Crippen molar-refractivity contribution >= 4 is 28.8 Å². The molecule has 0 saturated carbocycles. The highest BCUT2D eigenvalue weighted by Gasteiger charge is 2.21. The standard InChI is InChI=1S/C20H23ClFN3S/c1-14-10-15(2)23-16(11-14)12-20(26)25-8-6-24(7-9-25)13-17-18(21)4-3-5-19(17)22/h3-5,10-11H,6-9,12-13H2,1-2H3. The van der Waals surface area contributed by atoms with Crippen LogP contribution in [-0.4, -0.2) is 46.0 Å². The smallest absolute Gasteiger partial charge is 0.129 e. The van der Waals surface area contributed by atoms with Gasteiger partial charge in [0.05, 0.1) is 4.99 Å². The summed E-state index contributed by atoms with van der Waals surface area (Å²) in [6, 6.07) is 9.00. The Morgan fingerprint density at radius 3 is 2.58 bits per heavy atom. The molecule has 2 heterocycles. The maximum atomic E-state index is 14.0. The molecule has 3 rings (SSSR count). The molecule has 1 aromatic heterocycles. The number of aromatic nitrogens is 1. The van der Waals surface area contributed by atoms with Crippen molar-refractivity contribution in [3.8, 4) is 0 Å². The van der Waals surface area contributed by atoms with E-state index in [2.05, 4.69) is 33.8 Å². The highest BCUT2D eigenvalue weighted by molar-refractivity contribution is 7.80. The molecular formula is C20H23ClFN3S. The largest absolute Gasteiger partial charge is 0.363 e. The van der Waals surface area contributed by atoms with Gasteiger partial charge >= 0.3 is 0 Å². The molecule has 138 valence electrons. The van der Waals surface area contributed by atoms with E-state index in [0.717, 1.165) is 42.6 Å². The number of nitrogens with zero attached hydrogens (tertiary/aromatic N) is 3. The van der Waals surface area contributed by atoms with Crippen LogP contribution in [0, 0.1) is 19.7 Å². The summed E-state index contributed by atoms with van der Waals surface area (Å²) in [6.45, 7) is 7.98. The Balaban J connectivity index is 1.55. The average molecular weight is 392 g/mol. The van der Waals surface area contributed by atoms with E-state index in [1.807, 2.05) is 6.92 Å². The summed E-state index contributed by atoms with van der Waals surface area (Å²) >= 11 is 11.8. The van der Waals surface area contributed by atoms with E-state index in [-0.39, 0.29) is 5.82 Å². The lowest BCUT2D eigenvalue weighted by Gasteiger charge is -2.36. The first-order valence-corrected chi connectivity index (χ1v) is 9.58. The molecule has 0 N–H and O–H groups in total. The van der Waals surface area contributed by atoms with Gasteiger partial charge in [-0.15, -0.1) is 0 Å². The predicted molar refractivity (Wildman–Crippen MR) is 108 cm³/mol. The highest BCUT2D eigenvalue weighted by Crippen LogP contribution is 2.21. The molecule has 0 spiro atoms. The third kappa shape index (κ3) is 4.78. The van der Waals surface area contributed by atoms with Crippen LogP contribution < -0.4 is 0 Å². The maximum Gasteiger partial charge on any atom is 0.129 e. The second-order valence-electron chi connectivity index (χ2n) is 6.81. The van der Waals surface area contributed by atoms with Crippen LogP contribution in [0.25, 0.3) is 0 Å². The average Bonchev–Trinajstić information content (AvgIpc) is 2.58. The Hall–Kier alpha value is -1.56. The van der Waals surface area contributed by atoms with Gasteiger partial charge in [0.25, 0.3) is 0 Å². The van der Waals surface area contributed by atoms with Gasteiger partial charge in [-0.2, -0.15) is 0 Å². The van der Waals surface area contributed by atoms with Crippen LogP contribution >= 0.6 is 23.8 Å². The van der Waals surface area contributed by atoms with Gasteiger partial charge in [-0.1, -0.05) is 29.9 Å². The number of pyridine rings is 1.